The van der Waals surface area contributed by atoms with Gasteiger partial charge in [0.15, 0.2) is 5.82 Å². The van der Waals surface area contributed by atoms with E-state index in [2.05, 4.69) is 34.0 Å². The first kappa shape index (κ1) is 20.9. The van der Waals surface area contributed by atoms with E-state index in [1.54, 1.807) is 18.3 Å². The second kappa shape index (κ2) is 7.16. The van der Waals surface area contributed by atoms with E-state index in [9.17, 15) is 13.2 Å². The van der Waals surface area contributed by atoms with Crippen molar-refractivity contribution < 1.29 is 13.2 Å². The molecule has 34 heavy (non-hydrogen) atoms. The Morgan fingerprint density at radius 1 is 0.941 bits per heavy atom. The molecule has 170 valence electrons. The first-order chi connectivity index (χ1) is 16.3. The summed E-state index contributed by atoms with van der Waals surface area (Å²) < 4.78 is 42.2. The lowest BCUT2D eigenvalue weighted by atomic mass is 9.66. The van der Waals surface area contributed by atoms with Crippen molar-refractivity contribution in [2.45, 2.75) is 38.0 Å². The zero-order valence-corrected chi connectivity index (χ0v) is 18.6. The van der Waals surface area contributed by atoms with Gasteiger partial charge < -0.3 is 0 Å². The van der Waals surface area contributed by atoms with E-state index in [1.165, 1.54) is 30.5 Å². The summed E-state index contributed by atoms with van der Waals surface area (Å²) in [6.07, 6.45) is 4.81. The monoisotopic (exact) mass is 459 g/mol. The third-order valence-corrected chi connectivity index (χ3v) is 7.68. The average Bonchev–Trinajstić information content (AvgIpc) is 3.21. The number of hydrogen-bond acceptors (Lipinski definition) is 5. The summed E-state index contributed by atoms with van der Waals surface area (Å²) in [7, 11) is 0. The van der Waals surface area contributed by atoms with Crippen LogP contribution in [0.25, 0.3) is 22.6 Å². The summed E-state index contributed by atoms with van der Waals surface area (Å²) in [4.78, 5) is 13.0. The average molecular weight is 459 g/mol. The van der Waals surface area contributed by atoms with Gasteiger partial charge in [-0.2, -0.15) is 9.49 Å². The van der Waals surface area contributed by atoms with Crippen LogP contribution in [0, 0.1) is 23.0 Å². The molecule has 0 amide bonds. The summed E-state index contributed by atoms with van der Waals surface area (Å²) in [5.41, 5.74) is 2.38. The molecule has 5 nitrogen and oxygen atoms in total. The molecule has 1 saturated carbocycles. The van der Waals surface area contributed by atoms with Crippen molar-refractivity contribution in [2.24, 2.45) is 5.41 Å². The van der Waals surface area contributed by atoms with Crippen LogP contribution in [-0.2, 0) is 5.41 Å². The van der Waals surface area contributed by atoms with Crippen LogP contribution in [0.5, 0.6) is 0 Å². The van der Waals surface area contributed by atoms with Crippen LogP contribution in [0.2, 0.25) is 0 Å². The number of benzene rings is 1. The Bertz CT molecular complexity index is 1420. The summed E-state index contributed by atoms with van der Waals surface area (Å²) in [6, 6.07) is 10.3. The maximum atomic E-state index is 14.4. The lowest BCUT2D eigenvalue weighted by Crippen LogP contribution is -2.38. The molecule has 4 aromatic rings. The van der Waals surface area contributed by atoms with E-state index < -0.39 is 23.0 Å². The lowest BCUT2D eigenvalue weighted by Gasteiger charge is -2.37. The van der Waals surface area contributed by atoms with Crippen molar-refractivity contribution >= 4 is 0 Å². The van der Waals surface area contributed by atoms with Gasteiger partial charge in [-0.15, -0.1) is 5.10 Å². The number of nitrogens with zero attached hydrogens (tertiary/aromatic N) is 5. The number of fused-ring (bicyclic) bond motifs is 5. The van der Waals surface area contributed by atoms with Gasteiger partial charge >= 0.3 is 0 Å². The van der Waals surface area contributed by atoms with E-state index in [-0.39, 0.29) is 22.6 Å². The highest BCUT2D eigenvalue weighted by Crippen LogP contribution is 2.69. The summed E-state index contributed by atoms with van der Waals surface area (Å²) >= 11 is 0. The highest BCUT2D eigenvalue weighted by molar-refractivity contribution is 5.64. The normalized spacial score (nSPS) is 22.1. The van der Waals surface area contributed by atoms with E-state index >= 15 is 0 Å². The third-order valence-electron chi connectivity index (χ3n) is 7.68. The Labute approximate surface area is 194 Å². The molecule has 8 heteroatoms. The molecule has 2 aliphatic rings. The highest BCUT2D eigenvalue weighted by Gasteiger charge is 2.65. The molecule has 1 fully saturated rings. The Morgan fingerprint density at radius 3 is 2.47 bits per heavy atom. The second-order valence-electron chi connectivity index (χ2n) is 9.48. The molecular formula is C26H20F3N5. The van der Waals surface area contributed by atoms with Gasteiger partial charge in [-0.3, -0.25) is 0 Å². The molecule has 0 saturated heterocycles. The van der Waals surface area contributed by atoms with Gasteiger partial charge in [0, 0.05) is 18.0 Å². The van der Waals surface area contributed by atoms with Gasteiger partial charge in [-0.05, 0) is 66.1 Å². The van der Waals surface area contributed by atoms with Crippen molar-refractivity contribution in [2.75, 3.05) is 0 Å². The topological polar surface area (TPSA) is 64.5 Å². The van der Waals surface area contributed by atoms with E-state index in [0.717, 1.165) is 29.8 Å². The molecule has 1 aromatic carbocycles. The maximum absolute atomic E-state index is 14.4. The van der Waals surface area contributed by atoms with Crippen LogP contribution in [0.3, 0.4) is 0 Å². The molecule has 0 unspecified atom stereocenters. The first-order valence-electron chi connectivity index (χ1n) is 11.1. The van der Waals surface area contributed by atoms with E-state index in [1.807, 2.05) is 6.07 Å². The van der Waals surface area contributed by atoms with Crippen molar-refractivity contribution in [1.82, 2.24) is 25.1 Å². The Kier molecular flexibility index (Phi) is 4.40. The minimum absolute atomic E-state index is 0.137. The Balaban J connectivity index is 1.51. The van der Waals surface area contributed by atoms with Gasteiger partial charge in [0.25, 0.3) is 0 Å². The molecule has 3 aromatic heterocycles. The summed E-state index contributed by atoms with van der Waals surface area (Å²) in [5.74, 6) is -1.32. The van der Waals surface area contributed by atoms with Crippen LogP contribution >= 0.6 is 0 Å². The molecule has 0 radical (unpaired) electrons. The lowest BCUT2D eigenvalue weighted by molar-refractivity contribution is 0.243. The van der Waals surface area contributed by atoms with Gasteiger partial charge in [0.1, 0.15) is 11.6 Å². The summed E-state index contributed by atoms with van der Waals surface area (Å²) in [6.45, 7) is 4.36. The van der Waals surface area contributed by atoms with Crippen LogP contribution in [0.15, 0.2) is 54.9 Å². The smallest absolute Gasteiger partial charge is 0.212 e. The Morgan fingerprint density at radius 2 is 1.74 bits per heavy atom. The first-order valence-corrected chi connectivity index (χ1v) is 11.1. The van der Waals surface area contributed by atoms with Crippen molar-refractivity contribution in [3.63, 3.8) is 0 Å². The number of aromatic nitrogens is 5. The fraction of sp³-hybridized carbons (Fsp3) is 0.269. The number of pyridine rings is 1. The van der Waals surface area contributed by atoms with Crippen molar-refractivity contribution in [3.05, 3.63) is 89.4 Å². The molecule has 0 N–H and O–H groups in total. The molecule has 2 atom stereocenters. The zero-order chi connectivity index (χ0) is 23.7. The van der Waals surface area contributed by atoms with Crippen LogP contribution in [0.4, 0.5) is 13.2 Å². The molecule has 2 aliphatic carbocycles. The van der Waals surface area contributed by atoms with Gasteiger partial charge in [-0.1, -0.05) is 19.9 Å². The molecule has 0 aliphatic heterocycles. The van der Waals surface area contributed by atoms with Crippen LogP contribution < -0.4 is 0 Å². The number of halogens is 3. The standard InChI is InChI=1S/C26H20F3N5/c1-25(2)16-8-10-26(25,20-9-11-30-24(32-20)14-6-7-21(29)31-13-14)23-15(16)12-19(33-34-23)22-17(27)4-3-5-18(22)28/h3-7,9,11-13,16H,8,10H2,1-2H3/t16-,26+/m0/s1. The SMILES string of the molecule is CC1(C)[C@H]2CC[C@@]1(c1ccnc(-c3ccc(F)nc3)n1)c1nnc(-c3c(F)cccc3F)cc12. The van der Waals surface area contributed by atoms with Crippen LogP contribution in [0.1, 0.15) is 49.6 Å². The van der Waals surface area contributed by atoms with E-state index in [4.69, 9.17) is 4.98 Å². The largest absolute Gasteiger partial charge is 0.237 e. The van der Waals surface area contributed by atoms with E-state index in [0.29, 0.717) is 11.4 Å². The van der Waals surface area contributed by atoms with Gasteiger partial charge in [0.2, 0.25) is 5.95 Å². The van der Waals surface area contributed by atoms with Gasteiger partial charge in [-0.25, -0.2) is 23.7 Å². The fourth-order valence-corrected chi connectivity index (χ4v) is 6.00. The molecule has 3 heterocycles. The zero-order valence-electron chi connectivity index (χ0n) is 18.6. The predicted octanol–water partition coefficient (Wildman–Crippen LogP) is 5.62. The minimum atomic E-state index is -0.667. The number of hydrogen-bond donors (Lipinski definition) is 0. The molecule has 2 bridgehead atoms. The highest BCUT2D eigenvalue weighted by atomic mass is 19.1. The van der Waals surface area contributed by atoms with Crippen molar-refractivity contribution in [1.29, 1.82) is 0 Å². The predicted molar refractivity (Wildman–Crippen MR) is 119 cm³/mol. The Hall–Kier alpha value is -3.68. The van der Waals surface area contributed by atoms with Crippen molar-refractivity contribution in [3.8, 4) is 22.6 Å². The second-order valence-corrected chi connectivity index (χ2v) is 9.48. The third kappa shape index (κ3) is 2.71. The maximum Gasteiger partial charge on any atom is 0.212 e. The minimum Gasteiger partial charge on any atom is -0.237 e. The fourth-order valence-electron chi connectivity index (χ4n) is 6.00. The number of rotatable bonds is 3. The van der Waals surface area contributed by atoms with Crippen LogP contribution in [-0.4, -0.2) is 25.1 Å². The summed E-state index contributed by atoms with van der Waals surface area (Å²) in [5, 5.41) is 8.82. The molecule has 0 spiro atoms. The molecule has 6 rings (SSSR count). The van der Waals surface area contributed by atoms with Gasteiger partial charge in [0.05, 0.1) is 28.1 Å². The quantitative estimate of drug-likeness (QED) is 0.372. The molecular weight excluding hydrogens is 439 g/mol.